The van der Waals surface area contributed by atoms with Gasteiger partial charge in [0.15, 0.2) is 17.9 Å². The molecule has 0 saturated carbocycles. The van der Waals surface area contributed by atoms with Gasteiger partial charge in [0.05, 0.1) is 19.3 Å². The molecule has 0 bridgehead atoms. The number of benzene rings is 3. The zero-order valence-electron chi connectivity index (χ0n) is 20.1. The molecule has 4 nitrogen and oxygen atoms in total. The van der Waals surface area contributed by atoms with Crippen LogP contribution in [0.4, 0.5) is 4.39 Å². The SMILES string of the molecule is CC[C@H]1OC(=C(F)c2ccccc2C=O)C(OCc2ccccc2)C(OCc2ccccc2)[C@@H]1C. The van der Waals surface area contributed by atoms with Crippen molar-refractivity contribution in [2.24, 2.45) is 5.92 Å². The zero-order chi connectivity index (χ0) is 24.6. The highest BCUT2D eigenvalue weighted by Gasteiger charge is 2.44. The standard InChI is InChI=1S/C30H31FO4/c1-3-26-21(2)28(33-19-22-12-6-4-7-13-22)30(34-20-23-14-8-5-9-15-23)29(35-26)27(31)25-17-11-10-16-24(25)18-32/h4-18,21,26,28,30H,3,19-20H2,1-2H3/t21-,26-,28?,30?/m1/s1. The Labute approximate surface area is 206 Å². The molecule has 1 heterocycles. The molecular weight excluding hydrogens is 443 g/mol. The average Bonchev–Trinajstić information content (AvgIpc) is 2.92. The van der Waals surface area contributed by atoms with E-state index in [1.807, 2.05) is 67.6 Å². The van der Waals surface area contributed by atoms with Gasteiger partial charge in [-0.2, -0.15) is 0 Å². The second-order valence-electron chi connectivity index (χ2n) is 8.79. The number of hydrogen-bond donors (Lipinski definition) is 0. The Kier molecular flexibility index (Phi) is 8.45. The number of halogens is 1. The van der Waals surface area contributed by atoms with Crippen molar-refractivity contribution in [2.45, 2.75) is 51.8 Å². The predicted molar refractivity (Wildman–Crippen MR) is 134 cm³/mol. The predicted octanol–water partition coefficient (Wildman–Crippen LogP) is 6.75. The summed E-state index contributed by atoms with van der Waals surface area (Å²) in [5.41, 5.74) is 2.44. The molecule has 4 rings (SSSR count). The summed E-state index contributed by atoms with van der Waals surface area (Å²) in [6, 6.07) is 26.2. The average molecular weight is 475 g/mol. The van der Waals surface area contributed by atoms with E-state index in [-0.39, 0.29) is 35.5 Å². The monoisotopic (exact) mass is 474 g/mol. The van der Waals surface area contributed by atoms with Crippen LogP contribution in [0.5, 0.6) is 0 Å². The second kappa shape index (κ2) is 11.9. The van der Waals surface area contributed by atoms with Crippen LogP contribution in [-0.4, -0.2) is 24.6 Å². The second-order valence-corrected chi connectivity index (χ2v) is 8.79. The number of aldehydes is 1. The molecule has 2 unspecified atom stereocenters. The molecule has 0 aromatic heterocycles. The van der Waals surface area contributed by atoms with Crippen LogP contribution in [0.15, 0.2) is 90.7 Å². The quantitative estimate of drug-likeness (QED) is 0.322. The Morgan fingerprint density at radius 3 is 2.06 bits per heavy atom. The van der Waals surface area contributed by atoms with E-state index in [9.17, 15) is 4.79 Å². The topological polar surface area (TPSA) is 44.8 Å². The van der Waals surface area contributed by atoms with Gasteiger partial charge in [-0.15, -0.1) is 0 Å². The van der Waals surface area contributed by atoms with Gasteiger partial charge in [-0.05, 0) is 17.5 Å². The molecule has 1 saturated heterocycles. The molecule has 1 fully saturated rings. The molecule has 0 spiro atoms. The fourth-order valence-corrected chi connectivity index (χ4v) is 4.47. The van der Waals surface area contributed by atoms with Crippen molar-refractivity contribution in [2.75, 3.05) is 0 Å². The lowest BCUT2D eigenvalue weighted by Crippen LogP contribution is -2.49. The molecule has 3 aromatic rings. The first-order chi connectivity index (χ1) is 17.1. The summed E-state index contributed by atoms with van der Waals surface area (Å²) >= 11 is 0. The van der Waals surface area contributed by atoms with Gasteiger partial charge in [-0.25, -0.2) is 4.39 Å². The van der Waals surface area contributed by atoms with Gasteiger partial charge in [0.25, 0.3) is 0 Å². The largest absolute Gasteiger partial charge is 0.488 e. The number of ether oxygens (including phenoxy) is 3. The molecule has 0 aliphatic carbocycles. The van der Waals surface area contributed by atoms with E-state index in [0.717, 1.165) is 11.1 Å². The molecule has 0 N–H and O–H groups in total. The summed E-state index contributed by atoms with van der Waals surface area (Å²) in [7, 11) is 0. The summed E-state index contributed by atoms with van der Waals surface area (Å²) in [6.45, 7) is 4.71. The number of carbonyl (C=O) groups excluding carboxylic acids is 1. The summed E-state index contributed by atoms with van der Waals surface area (Å²) in [6.07, 6.45) is -0.139. The van der Waals surface area contributed by atoms with E-state index >= 15 is 4.39 Å². The van der Waals surface area contributed by atoms with Crippen molar-refractivity contribution < 1.29 is 23.4 Å². The highest BCUT2D eigenvalue weighted by atomic mass is 19.1. The van der Waals surface area contributed by atoms with Crippen LogP contribution >= 0.6 is 0 Å². The highest BCUT2D eigenvalue weighted by Crippen LogP contribution is 2.39. The fourth-order valence-electron chi connectivity index (χ4n) is 4.47. The molecule has 0 amide bonds. The lowest BCUT2D eigenvalue weighted by molar-refractivity contribution is -0.167. The summed E-state index contributed by atoms with van der Waals surface area (Å²) in [5.74, 6) is -0.551. The van der Waals surface area contributed by atoms with E-state index in [2.05, 4.69) is 6.92 Å². The highest BCUT2D eigenvalue weighted by molar-refractivity contribution is 5.84. The van der Waals surface area contributed by atoms with Crippen molar-refractivity contribution in [1.82, 2.24) is 0 Å². The summed E-state index contributed by atoms with van der Waals surface area (Å²) in [5, 5.41) is 0. The maximum Gasteiger partial charge on any atom is 0.171 e. The Bertz CT molecular complexity index is 1130. The Hall–Kier alpha value is -3.28. The van der Waals surface area contributed by atoms with Crippen LogP contribution < -0.4 is 0 Å². The lowest BCUT2D eigenvalue weighted by Gasteiger charge is -2.42. The van der Waals surface area contributed by atoms with Crippen LogP contribution in [0, 0.1) is 5.92 Å². The van der Waals surface area contributed by atoms with Gasteiger partial charge in [0.1, 0.15) is 12.2 Å². The van der Waals surface area contributed by atoms with Crippen LogP contribution in [0.25, 0.3) is 5.83 Å². The minimum Gasteiger partial charge on any atom is -0.488 e. The Balaban J connectivity index is 1.72. The van der Waals surface area contributed by atoms with Gasteiger partial charge < -0.3 is 14.2 Å². The van der Waals surface area contributed by atoms with Crippen molar-refractivity contribution in [3.8, 4) is 0 Å². The van der Waals surface area contributed by atoms with Gasteiger partial charge in [-0.3, -0.25) is 4.79 Å². The maximum atomic E-state index is 16.1. The number of carbonyl (C=O) groups is 1. The molecule has 4 atom stereocenters. The van der Waals surface area contributed by atoms with E-state index < -0.39 is 18.0 Å². The third-order valence-corrected chi connectivity index (χ3v) is 6.44. The first-order valence-electron chi connectivity index (χ1n) is 12.0. The van der Waals surface area contributed by atoms with Gasteiger partial charge in [0, 0.05) is 17.0 Å². The van der Waals surface area contributed by atoms with E-state index in [1.165, 1.54) is 0 Å². The van der Waals surface area contributed by atoms with Crippen molar-refractivity contribution >= 4 is 12.1 Å². The number of rotatable bonds is 9. The van der Waals surface area contributed by atoms with Crippen molar-refractivity contribution in [3.05, 3.63) is 113 Å². The van der Waals surface area contributed by atoms with Crippen molar-refractivity contribution in [3.63, 3.8) is 0 Å². The smallest absolute Gasteiger partial charge is 0.171 e. The molecule has 3 aromatic carbocycles. The summed E-state index contributed by atoms with van der Waals surface area (Å²) in [4.78, 5) is 11.6. The Morgan fingerprint density at radius 2 is 1.46 bits per heavy atom. The van der Waals surface area contributed by atoms with Crippen molar-refractivity contribution in [1.29, 1.82) is 0 Å². The third-order valence-electron chi connectivity index (χ3n) is 6.44. The molecule has 1 aliphatic rings. The van der Waals surface area contributed by atoms with E-state index in [0.29, 0.717) is 19.3 Å². The minimum atomic E-state index is -0.781. The molecule has 0 radical (unpaired) electrons. The summed E-state index contributed by atoms with van der Waals surface area (Å²) < 4.78 is 35.0. The van der Waals surface area contributed by atoms with Crippen LogP contribution in [0.1, 0.15) is 47.3 Å². The maximum absolute atomic E-state index is 16.1. The van der Waals surface area contributed by atoms with Gasteiger partial charge in [-0.1, -0.05) is 98.8 Å². The van der Waals surface area contributed by atoms with E-state index in [1.54, 1.807) is 24.3 Å². The lowest BCUT2D eigenvalue weighted by atomic mass is 9.87. The first kappa shape index (κ1) is 24.8. The molecule has 1 aliphatic heterocycles. The van der Waals surface area contributed by atoms with Crippen LogP contribution in [-0.2, 0) is 27.4 Å². The molecule has 5 heteroatoms. The first-order valence-corrected chi connectivity index (χ1v) is 12.0. The van der Waals surface area contributed by atoms with Crippen LogP contribution in [0.2, 0.25) is 0 Å². The van der Waals surface area contributed by atoms with Gasteiger partial charge in [0.2, 0.25) is 0 Å². The molecular formula is C30H31FO4. The zero-order valence-corrected chi connectivity index (χ0v) is 20.1. The number of hydrogen-bond acceptors (Lipinski definition) is 4. The van der Waals surface area contributed by atoms with Crippen LogP contribution in [0.3, 0.4) is 0 Å². The third kappa shape index (κ3) is 5.87. The minimum absolute atomic E-state index is 0.0395. The molecule has 35 heavy (non-hydrogen) atoms. The molecule has 182 valence electrons. The fraction of sp³-hybridized carbons (Fsp3) is 0.300. The normalized spacial score (nSPS) is 23.4. The van der Waals surface area contributed by atoms with E-state index in [4.69, 9.17) is 14.2 Å². The van der Waals surface area contributed by atoms with Gasteiger partial charge >= 0.3 is 0 Å². The Morgan fingerprint density at radius 1 is 0.886 bits per heavy atom.